The lowest BCUT2D eigenvalue weighted by Gasteiger charge is -2.43. The Kier molecular flexibility index (Phi) is 6.00. The molecule has 2 rings (SSSR count). The van der Waals surface area contributed by atoms with E-state index in [2.05, 4.69) is 0 Å². The Hall–Kier alpha value is -1.73. The molecule has 0 spiro atoms. The van der Waals surface area contributed by atoms with Crippen LogP contribution in [0.25, 0.3) is 0 Å². The molecule has 0 aromatic carbocycles. The highest BCUT2D eigenvalue weighted by Crippen LogP contribution is 2.48. The molecule has 0 bridgehead atoms. The number of aliphatic hydroxyl groups is 1. The van der Waals surface area contributed by atoms with Crippen LogP contribution in [-0.4, -0.2) is 41.6 Å². The molecular formula is C18H24O6S. The van der Waals surface area contributed by atoms with Crippen molar-refractivity contribution in [3.63, 3.8) is 0 Å². The van der Waals surface area contributed by atoms with Crippen LogP contribution in [0, 0.1) is 18.8 Å². The number of carbonyl (C=O) groups excluding carboxylic acids is 3. The van der Waals surface area contributed by atoms with Gasteiger partial charge in [0.1, 0.15) is 5.92 Å². The largest absolute Gasteiger partial charge is 0.466 e. The average Bonchev–Trinajstić information content (AvgIpc) is 2.92. The number of hydrogen-bond acceptors (Lipinski definition) is 7. The van der Waals surface area contributed by atoms with Crippen molar-refractivity contribution < 1.29 is 29.0 Å². The Morgan fingerprint density at radius 3 is 2.36 bits per heavy atom. The van der Waals surface area contributed by atoms with E-state index >= 15 is 0 Å². The molecule has 4 atom stereocenters. The normalized spacial score (nSPS) is 29.3. The van der Waals surface area contributed by atoms with E-state index < -0.39 is 41.1 Å². The Bertz CT molecular complexity index is 662. The van der Waals surface area contributed by atoms with Gasteiger partial charge in [-0.3, -0.25) is 14.4 Å². The van der Waals surface area contributed by atoms with Crippen molar-refractivity contribution >= 4 is 29.1 Å². The van der Waals surface area contributed by atoms with Crippen molar-refractivity contribution in [2.24, 2.45) is 11.8 Å². The zero-order valence-corrected chi connectivity index (χ0v) is 15.7. The molecule has 1 aliphatic rings. The van der Waals surface area contributed by atoms with E-state index in [0.717, 1.165) is 4.88 Å². The molecule has 0 unspecified atom stereocenters. The van der Waals surface area contributed by atoms with Gasteiger partial charge in [-0.1, -0.05) is 0 Å². The number of thiophene rings is 1. The van der Waals surface area contributed by atoms with Crippen LogP contribution in [-0.2, 0) is 23.9 Å². The van der Waals surface area contributed by atoms with Gasteiger partial charge in [0.15, 0.2) is 5.78 Å². The minimum atomic E-state index is -1.59. The van der Waals surface area contributed by atoms with Crippen molar-refractivity contribution in [2.45, 2.75) is 45.6 Å². The summed E-state index contributed by atoms with van der Waals surface area (Å²) in [6.07, 6.45) is -0.291. The fourth-order valence-corrected chi connectivity index (χ4v) is 4.51. The van der Waals surface area contributed by atoms with Gasteiger partial charge in [0.05, 0.1) is 24.7 Å². The summed E-state index contributed by atoms with van der Waals surface area (Å²) >= 11 is 1.40. The third kappa shape index (κ3) is 3.93. The van der Waals surface area contributed by atoms with Crippen molar-refractivity contribution in [1.29, 1.82) is 0 Å². The molecule has 138 valence electrons. The van der Waals surface area contributed by atoms with E-state index in [9.17, 15) is 19.5 Å². The van der Waals surface area contributed by atoms with Crippen LogP contribution in [0.4, 0.5) is 0 Å². The maximum absolute atomic E-state index is 12.6. The maximum Gasteiger partial charge on any atom is 0.317 e. The molecule has 1 saturated carbocycles. The number of ether oxygens (including phenoxy) is 2. The van der Waals surface area contributed by atoms with E-state index in [0.29, 0.717) is 4.88 Å². The highest BCUT2D eigenvalue weighted by Gasteiger charge is 2.57. The van der Waals surface area contributed by atoms with Crippen LogP contribution in [0.1, 0.15) is 42.9 Å². The molecular weight excluding hydrogens is 344 g/mol. The predicted molar refractivity (Wildman–Crippen MR) is 92.3 cm³/mol. The second-order valence-electron chi connectivity index (χ2n) is 6.43. The molecule has 0 radical (unpaired) electrons. The second kappa shape index (κ2) is 7.66. The number of ketones is 1. The smallest absolute Gasteiger partial charge is 0.317 e. The van der Waals surface area contributed by atoms with Crippen molar-refractivity contribution in [3.8, 4) is 0 Å². The number of rotatable bonds is 5. The zero-order valence-electron chi connectivity index (χ0n) is 14.9. The van der Waals surface area contributed by atoms with E-state index in [1.807, 2.05) is 13.0 Å². The van der Waals surface area contributed by atoms with Crippen LogP contribution in [0.3, 0.4) is 0 Å². The Morgan fingerprint density at radius 1 is 1.24 bits per heavy atom. The average molecular weight is 368 g/mol. The molecule has 7 heteroatoms. The van der Waals surface area contributed by atoms with Crippen molar-refractivity contribution in [1.82, 2.24) is 0 Å². The first-order valence-corrected chi connectivity index (χ1v) is 9.19. The topological polar surface area (TPSA) is 89.9 Å². The summed E-state index contributed by atoms with van der Waals surface area (Å²) in [5, 5.41) is 10.8. The third-order valence-electron chi connectivity index (χ3n) is 4.44. The lowest BCUT2D eigenvalue weighted by Crippen LogP contribution is -2.55. The highest BCUT2D eigenvalue weighted by atomic mass is 32.1. The van der Waals surface area contributed by atoms with Gasteiger partial charge < -0.3 is 14.6 Å². The second-order valence-corrected chi connectivity index (χ2v) is 7.75. The third-order valence-corrected chi connectivity index (χ3v) is 5.54. The van der Waals surface area contributed by atoms with Gasteiger partial charge in [-0.05, 0) is 39.8 Å². The van der Waals surface area contributed by atoms with Gasteiger partial charge in [-0.15, -0.1) is 11.3 Å². The summed E-state index contributed by atoms with van der Waals surface area (Å²) in [4.78, 5) is 39.4. The standard InChI is InChI=1S/C18H24O6S/c1-5-23-16(20)13-11(19)9-18(4,22)15(17(21)24-6-2)14(13)12-8-7-10(3)25-12/h7-8,13-15,22H,5-6,9H2,1-4H3/t13-,14-,15+,18-/m0/s1. The lowest BCUT2D eigenvalue weighted by molar-refractivity contribution is -0.172. The Balaban J connectivity index is 2.56. The number of aryl methyl sites for hydroxylation is 1. The molecule has 6 nitrogen and oxygen atoms in total. The Morgan fingerprint density at radius 2 is 1.84 bits per heavy atom. The molecule has 1 aromatic heterocycles. The van der Waals surface area contributed by atoms with E-state index in [-0.39, 0.29) is 19.6 Å². The summed E-state index contributed by atoms with van der Waals surface area (Å²) in [5.41, 5.74) is -1.59. The quantitative estimate of drug-likeness (QED) is 0.633. The van der Waals surface area contributed by atoms with Gasteiger partial charge in [0.2, 0.25) is 0 Å². The van der Waals surface area contributed by atoms with Gasteiger partial charge >= 0.3 is 11.9 Å². The van der Waals surface area contributed by atoms with Gasteiger partial charge in [-0.25, -0.2) is 0 Å². The number of carbonyl (C=O) groups is 3. The molecule has 0 amide bonds. The summed E-state index contributed by atoms with van der Waals surface area (Å²) in [6, 6.07) is 3.65. The predicted octanol–water partition coefficient (Wildman–Crippen LogP) is 2.22. The van der Waals surface area contributed by atoms with E-state index in [1.54, 1.807) is 19.9 Å². The van der Waals surface area contributed by atoms with Gasteiger partial charge in [0, 0.05) is 22.1 Å². The zero-order chi connectivity index (χ0) is 18.8. The Labute approximate surface area is 151 Å². The summed E-state index contributed by atoms with van der Waals surface area (Å²) in [6.45, 7) is 6.97. The molecule has 0 aliphatic heterocycles. The minimum Gasteiger partial charge on any atom is -0.466 e. The van der Waals surface area contributed by atoms with Crippen LogP contribution < -0.4 is 0 Å². The molecule has 1 N–H and O–H groups in total. The first kappa shape index (κ1) is 19.6. The van der Waals surface area contributed by atoms with E-state index in [4.69, 9.17) is 9.47 Å². The first-order valence-electron chi connectivity index (χ1n) is 8.37. The van der Waals surface area contributed by atoms with Crippen molar-refractivity contribution in [3.05, 3.63) is 21.9 Å². The SMILES string of the molecule is CCOC(=O)[C@H]1C(=O)C[C@](C)(O)[C@@H](C(=O)OCC)[C@H]1c1ccc(C)s1. The molecule has 1 fully saturated rings. The van der Waals surface area contributed by atoms with Gasteiger partial charge in [-0.2, -0.15) is 0 Å². The maximum atomic E-state index is 12.6. The van der Waals surface area contributed by atoms with E-state index in [1.165, 1.54) is 18.3 Å². The first-order chi connectivity index (χ1) is 11.7. The summed E-state index contributed by atoms with van der Waals surface area (Å²) in [7, 11) is 0. The molecule has 25 heavy (non-hydrogen) atoms. The fraction of sp³-hybridized carbons (Fsp3) is 0.611. The van der Waals surface area contributed by atoms with Crippen LogP contribution in [0.5, 0.6) is 0 Å². The monoisotopic (exact) mass is 368 g/mol. The minimum absolute atomic E-state index is 0.138. The number of hydrogen-bond donors (Lipinski definition) is 1. The molecule has 1 aromatic rings. The van der Waals surface area contributed by atoms with Crippen LogP contribution >= 0.6 is 11.3 Å². The summed E-state index contributed by atoms with van der Waals surface area (Å²) in [5.74, 6) is -4.61. The molecule has 1 heterocycles. The lowest BCUT2D eigenvalue weighted by atomic mass is 9.63. The summed E-state index contributed by atoms with van der Waals surface area (Å²) < 4.78 is 10.2. The molecule has 1 aliphatic carbocycles. The van der Waals surface area contributed by atoms with Gasteiger partial charge in [0.25, 0.3) is 0 Å². The fourth-order valence-electron chi connectivity index (χ4n) is 3.46. The van der Waals surface area contributed by atoms with Crippen LogP contribution in [0.15, 0.2) is 12.1 Å². The van der Waals surface area contributed by atoms with Crippen LogP contribution in [0.2, 0.25) is 0 Å². The highest BCUT2D eigenvalue weighted by molar-refractivity contribution is 7.12. The molecule has 0 saturated heterocycles. The number of Topliss-reactive ketones (excluding diaryl/α,β-unsaturated/α-hetero) is 1. The van der Waals surface area contributed by atoms with Crippen molar-refractivity contribution in [2.75, 3.05) is 13.2 Å². The number of esters is 2.